The van der Waals surface area contributed by atoms with E-state index in [4.69, 9.17) is 0 Å². The summed E-state index contributed by atoms with van der Waals surface area (Å²) in [5.74, 6) is 0. The summed E-state index contributed by atoms with van der Waals surface area (Å²) in [5, 5.41) is 15.8. The molecule has 2 atom stereocenters. The molecule has 0 saturated heterocycles. The minimum Gasteiger partial charge on any atom is -0.390 e. The zero-order valence-electron chi connectivity index (χ0n) is 11.8. The molecule has 2 aromatic carbocycles. The molecule has 4 nitrogen and oxygen atoms in total. The smallest absolute Gasteiger partial charge is 0.319 e. The number of benzene rings is 2. The first-order chi connectivity index (χ1) is 10.1. The van der Waals surface area contributed by atoms with Gasteiger partial charge in [0, 0.05) is 12.1 Å². The van der Waals surface area contributed by atoms with Crippen molar-refractivity contribution >= 4 is 11.7 Å². The van der Waals surface area contributed by atoms with Crippen molar-refractivity contribution in [3.63, 3.8) is 0 Å². The van der Waals surface area contributed by atoms with Crippen LogP contribution in [0.1, 0.15) is 22.7 Å². The molecule has 0 spiro atoms. The quantitative estimate of drug-likeness (QED) is 0.793. The van der Waals surface area contributed by atoms with Crippen molar-refractivity contribution in [2.45, 2.75) is 25.5 Å². The first-order valence-electron chi connectivity index (χ1n) is 7.03. The number of carbonyl (C=O) groups is 1. The van der Waals surface area contributed by atoms with Gasteiger partial charge < -0.3 is 15.7 Å². The molecule has 0 fully saturated rings. The lowest BCUT2D eigenvalue weighted by Crippen LogP contribution is -2.36. The van der Waals surface area contributed by atoms with Crippen molar-refractivity contribution in [3.05, 3.63) is 65.2 Å². The Morgan fingerprint density at radius 2 is 2.00 bits per heavy atom. The van der Waals surface area contributed by atoms with Crippen LogP contribution in [0.15, 0.2) is 48.5 Å². The Labute approximate surface area is 123 Å². The Balaban J connectivity index is 1.70. The van der Waals surface area contributed by atoms with E-state index in [0.29, 0.717) is 6.42 Å². The van der Waals surface area contributed by atoms with Crippen LogP contribution in [0.25, 0.3) is 0 Å². The predicted molar refractivity (Wildman–Crippen MR) is 82.2 cm³/mol. The maximum absolute atomic E-state index is 12.1. The van der Waals surface area contributed by atoms with Crippen LogP contribution in [-0.4, -0.2) is 17.2 Å². The van der Waals surface area contributed by atoms with Crippen LogP contribution < -0.4 is 10.6 Å². The second-order valence-corrected chi connectivity index (χ2v) is 5.42. The Hall–Kier alpha value is -2.33. The second-order valence-electron chi connectivity index (χ2n) is 5.42. The molecular weight excluding hydrogens is 264 g/mol. The van der Waals surface area contributed by atoms with Gasteiger partial charge in [-0.15, -0.1) is 0 Å². The van der Waals surface area contributed by atoms with Gasteiger partial charge in [-0.05, 0) is 35.7 Å². The van der Waals surface area contributed by atoms with Crippen LogP contribution in [0.3, 0.4) is 0 Å². The van der Waals surface area contributed by atoms with Gasteiger partial charge in [-0.2, -0.15) is 0 Å². The van der Waals surface area contributed by atoms with Crippen LogP contribution in [0.4, 0.5) is 10.5 Å². The van der Waals surface area contributed by atoms with Crippen molar-refractivity contribution in [1.82, 2.24) is 5.32 Å². The van der Waals surface area contributed by atoms with Gasteiger partial charge in [0.15, 0.2) is 0 Å². The van der Waals surface area contributed by atoms with Crippen LogP contribution >= 0.6 is 0 Å². The number of aryl methyl sites for hydroxylation is 1. The summed E-state index contributed by atoms with van der Waals surface area (Å²) in [7, 11) is 0. The highest BCUT2D eigenvalue weighted by molar-refractivity contribution is 5.89. The highest BCUT2D eigenvalue weighted by Gasteiger charge is 2.31. The number of aliphatic hydroxyl groups is 1. The molecule has 2 aromatic rings. The fourth-order valence-electron chi connectivity index (χ4n) is 2.78. The van der Waals surface area contributed by atoms with E-state index in [1.807, 2.05) is 55.5 Å². The Kier molecular flexibility index (Phi) is 3.62. The fraction of sp³-hybridized carbons (Fsp3) is 0.235. The summed E-state index contributed by atoms with van der Waals surface area (Å²) < 4.78 is 0. The first-order valence-corrected chi connectivity index (χ1v) is 7.03. The van der Waals surface area contributed by atoms with Gasteiger partial charge in [0.2, 0.25) is 0 Å². The molecule has 21 heavy (non-hydrogen) atoms. The van der Waals surface area contributed by atoms with Gasteiger partial charge in [-0.3, -0.25) is 0 Å². The molecule has 3 rings (SSSR count). The topological polar surface area (TPSA) is 61.4 Å². The Bertz CT molecular complexity index is 669. The van der Waals surface area contributed by atoms with E-state index in [-0.39, 0.29) is 12.1 Å². The molecule has 4 heteroatoms. The minimum atomic E-state index is -0.578. The van der Waals surface area contributed by atoms with E-state index in [9.17, 15) is 9.90 Å². The molecule has 0 heterocycles. The summed E-state index contributed by atoms with van der Waals surface area (Å²) in [6.45, 7) is 1.97. The zero-order valence-corrected chi connectivity index (χ0v) is 11.8. The number of urea groups is 1. The summed E-state index contributed by atoms with van der Waals surface area (Å²) >= 11 is 0. The van der Waals surface area contributed by atoms with Gasteiger partial charge in [0.1, 0.15) is 0 Å². The van der Waals surface area contributed by atoms with Crippen LogP contribution in [-0.2, 0) is 6.42 Å². The SMILES string of the molecule is Cc1cccc(NC(=O)NC2c3ccccc3CC2O)c1. The molecule has 0 aliphatic heterocycles. The number of nitrogens with one attached hydrogen (secondary N) is 2. The molecule has 0 radical (unpaired) electrons. The number of anilines is 1. The molecule has 2 amide bonds. The van der Waals surface area contributed by atoms with E-state index in [0.717, 1.165) is 22.4 Å². The summed E-state index contributed by atoms with van der Waals surface area (Å²) in [6.07, 6.45) is -0.00313. The third-order valence-corrected chi connectivity index (χ3v) is 3.77. The van der Waals surface area contributed by atoms with Gasteiger partial charge >= 0.3 is 6.03 Å². The van der Waals surface area contributed by atoms with E-state index in [2.05, 4.69) is 10.6 Å². The van der Waals surface area contributed by atoms with Crippen LogP contribution in [0, 0.1) is 6.92 Å². The number of fused-ring (bicyclic) bond motifs is 1. The molecule has 1 aliphatic carbocycles. The first kappa shape index (κ1) is 13.6. The Morgan fingerprint density at radius 3 is 2.81 bits per heavy atom. The van der Waals surface area contributed by atoms with E-state index >= 15 is 0 Å². The van der Waals surface area contributed by atoms with Crippen LogP contribution in [0.2, 0.25) is 0 Å². The average molecular weight is 282 g/mol. The van der Waals surface area contributed by atoms with Crippen LogP contribution in [0.5, 0.6) is 0 Å². The number of amides is 2. The molecular formula is C17H18N2O2. The number of hydrogen-bond donors (Lipinski definition) is 3. The fourth-order valence-corrected chi connectivity index (χ4v) is 2.78. The zero-order chi connectivity index (χ0) is 14.8. The number of hydrogen-bond acceptors (Lipinski definition) is 2. The molecule has 2 unspecified atom stereocenters. The largest absolute Gasteiger partial charge is 0.390 e. The maximum Gasteiger partial charge on any atom is 0.319 e. The minimum absolute atomic E-state index is 0.304. The molecule has 0 saturated carbocycles. The van der Waals surface area contributed by atoms with E-state index in [1.54, 1.807) is 0 Å². The molecule has 108 valence electrons. The Morgan fingerprint density at radius 1 is 1.19 bits per heavy atom. The third-order valence-electron chi connectivity index (χ3n) is 3.77. The maximum atomic E-state index is 12.1. The van der Waals surface area contributed by atoms with Gasteiger partial charge in [0.25, 0.3) is 0 Å². The highest BCUT2D eigenvalue weighted by Crippen LogP contribution is 2.31. The number of carbonyl (C=O) groups excluding carboxylic acids is 1. The van der Waals surface area contributed by atoms with Crippen molar-refractivity contribution in [1.29, 1.82) is 0 Å². The monoisotopic (exact) mass is 282 g/mol. The standard InChI is InChI=1S/C17H18N2O2/c1-11-5-4-7-13(9-11)18-17(21)19-16-14-8-3-2-6-12(14)10-15(16)20/h2-9,15-16,20H,10H2,1H3,(H2,18,19,21). The van der Waals surface area contributed by atoms with Crippen molar-refractivity contribution in [2.75, 3.05) is 5.32 Å². The van der Waals surface area contributed by atoms with Gasteiger partial charge in [0.05, 0.1) is 12.1 Å². The lowest BCUT2D eigenvalue weighted by molar-refractivity contribution is 0.144. The second kappa shape index (κ2) is 5.58. The summed E-state index contributed by atoms with van der Waals surface area (Å²) in [6, 6.07) is 14.7. The van der Waals surface area contributed by atoms with Crippen molar-refractivity contribution < 1.29 is 9.90 Å². The van der Waals surface area contributed by atoms with Gasteiger partial charge in [-0.25, -0.2) is 4.79 Å². The average Bonchev–Trinajstić information content (AvgIpc) is 2.75. The predicted octanol–water partition coefficient (Wildman–Crippen LogP) is 2.77. The van der Waals surface area contributed by atoms with Crippen molar-refractivity contribution in [3.8, 4) is 0 Å². The molecule has 1 aliphatic rings. The van der Waals surface area contributed by atoms with Gasteiger partial charge in [-0.1, -0.05) is 36.4 Å². The molecule has 3 N–H and O–H groups in total. The van der Waals surface area contributed by atoms with E-state index in [1.165, 1.54) is 0 Å². The normalized spacial score (nSPS) is 19.9. The highest BCUT2D eigenvalue weighted by atomic mass is 16.3. The lowest BCUT2D eigenvalue weighted by Gasteiger charge is -2.18. The number of rotatable bonds is 2. The van der Waals surface area contributed by atoms with E-state index < -0.39 is 6.10 Å². The van der Waals surface area contributed by atoms with Crippen molar-refractivity contribution in [2.24, 2.45) is 0 Å². The summed E-state index contributed by atoms with van der Waals surface area (Å²) in [4.78, 5) is 12.1. The summed E-state index contributed by atoms with van der Waals surface area (Å²) in [5.41, 5.74) is 3.91. The molecule has 0 aromatic heterocycles. The lowest BCUT2D eigenvalue weighted by atomic mass is 10.1. The molecule has 0 bridgehead atoms. The third kappa shape index (κ3) is 2.90. The number of aliphatic hydroxyl groups excluding tert-OH is 1.